The molecular weight excluding hydrogens is 414 g/mol. The first kappa shape index (κ1) is 22.0. The van der Waals surface area contributed by atoms with E-state index in [1.54, 1.807) is 18.5 Å². The van der Waals surface area contributed by atoms with Crippen LogP contribution in [0.5, 0.6) is 0 Å². The molecule has 33 heavy (non-hydrogen) atoms. The van der Waals surface area contributed by atoms with Gasteiger partial charge in [0.1, 0.15) is 11.6 Å². The number of anilines is 1. The number of amides is 2. The molecule has 7 nitrogen and oxygen atoms in total. The summed E-state index contributed by atoms with van der Waals surface area (Å²) >= 11 is 0. The molecule has 3 aliphatic rings. The Morgan fingerprint density at radius 2 is 1.94 bits per heavy atom. The standard InChI is InChI=1S/C26H33N5O2/c1-18-22-11-12-23(32)31(16-19-7-3-2-4-8-19)25(22)29-24(28-18)21-10-6-14-30(17-21)26(33)20-9-5-13-27-15-20/h5,9,13,15,19,21H,2-4,6-8,10-12,14,16-17H2,1H3. The van der Waals surface area contributed by atoms with Crippen LogP contribution in [-0.2, 0) is 11.2 Å². The fourth-order valence-electron chi connectivity index (χ4n) is 5.65. The summed E-state index contributed by atoms with van der Waals surface area (Å²) in [6, 6.07) is 3.61. The van der Waals surface area contributed by atoms with Crippen molar-refractivity contribution in [3.8, 4) is 0 Å². The first-order chi connectivity index (χ1) is 16.1. The van der Waals surface area contributed by atoms with E-state index < -0.39 is 0 Å². The molecule has 2 aromatic rings. The third-order valence-electron chi connectivity index (χ3n) is 7.50. The highest BCUT2D eigenvalue weighted by Gasteiger charge is 2.33. The summed E-state index contributed by atoms with van der Waals surface area (Å²) in [5.74, 6) is 2.45. The Morgan fingerprint density at radius 1 is 1.09 bits per heavy atom. The molecule has 0 radical (unpaired) electrons. The van der Waals surface area contributed by atoms with E-state index in [1.807, 2.05) is 22.8 Å². The van der Waals surface area contributed by atoms with Crippen LogP contribution in [0.4, 0.5) is 5.82 Å². The van der Waals surface area contributed by atoms with Gasteiger partial charge >= 0.3 is 0 Å². The van der Waals surface area contributed by atoms with Crippen molar-refractivity contribution in [2.45, 2.75) is 70.6 Å². The fourth-order valence-corrected chi connectivity index (χ4v) is 5.65. The minimum Gasteiger partial charge on any atom is -0.338 e. The smallest absolute Gasteiger partial charge is 0.255 e. The summed E-state index contributed by atoms with van der Waals surface area (Å²) in [5, 5.41) is 0. The SMILES string of the molecule is Cc1nc(C2CCCN(C(=O)c3cccnc3)C2)nc2c1CCC(=O)N2CC1CCCCC1. The van der Waals surface area contributed by atoms with Gasteiger partial charge in [-0.3, -0.25) is 19.5 Å². The molecule has 1 saturated carbocycles. The van der Waals surface area contributed by atoms with E-state index in [-0.39, 0.29) is 17.7 Å². The van der Waals surface area contributed by atoms with Crippen LogP contribution in [0.15, 0.2) is 24.5 Å². The molecule has 1 saturated heterocycles. The number of aryl methyl sites for hydroxylation is 1. The summed E-state index contributed by atoms with van der Waals surface area (Å²) in [4.78, 5) is 43.7. The lowest BCUT2D eigenvalue weighted by Gasteiger charge is -2.35. The van der Waals surface area contributed by atoms with Gasteiger partial charge in [-0.25, -0.2) is 9.97 Å². The normalized spacial score (nSPS) is 21.7. The van der Waals surface area contributed by atoms with Crippen LogP contribution in [-0.4, -0.2) is 51.3 Å². The minimum absolute atomic E-state index is 0.0107. The average molecular weight is 448 g/mol. The van der Waals surface area contributed by atoms with Gasteiger partial charge in [-0.05, 0) is 57.1 Å². The molecular formula is C26H33N5O2. The van der Waals surface area contributed by atoms with Gasteiger partial charge in [0, 0.05) is 55.6 Å². The summed E-state index contributed by atoms with van der Waals surface area (Å²) in [5.41, 5.74) is 2.71. The molecule has 0 spiro atoms. The predicted molar refractivity (Wildman–Crippen MR) is 126 cm³/mol. The largest absolute Gasteiger partial charge is 0.338 e. The maximum Gasteiger partial charge on any atom is 0.255 e. The van der Waals surface area contributed by atoms with E-state index in [2.05, 4.69) is 4.98 Å². The van der Waals surface area contributed by atoms with Gasteiger partial charge in [-0.1, -0.05) is 19.3 Å². The molecule has 1 unspecified atom stereocenters. The molecule has 0 aromatic carbocycles. The van der Waals surface area contributed by atoms with E-state index in [4.69, 9.17) is 9.97 Å². The highest BCUT2D eigenvalue weighted by atomic mass is 16.2. The second-order valence-corrected chi connectivity index (χ2v) is 9.81. The molecule has 2 aromatic heterocycles. The number of rotatable bonds is 4. The van der Waals surface area contributed by atoms with Gasteiger partial charge in [-0.15, -0.1) is 0 Å². The monoisotopic (exact) mass is 447 g/mol. The van der Waals surface area contributed by atoms with E-state index in [0.29, 0.717) is 24.4 Å². The molecule has 1 atom stereocenters. The Bertz CT molecular complexity index is 1020. The molecule has 2 amide bonds. The number of carbonyl (C=O) groups excluding carboxylic acids is 2. The highest BCUT2D eigenvalue weighted by molar-refractivity contribution is 5.95. The Balaban J connectivity index is 1.39. The molecule has 0 bridgehead atoms. The molecule has 1 aliphatic carbocycles. The number of piperidine rings is 1. The van der Waals surface area contributed by atoms with Crippen LogP contribution in [0.25, 0.3) is 0 Å². The van der Waals surface area contributed by atoms with Gasteiger partial charge in [0.2, 0.25) is 5.91 Å². The van der Waals surface area contributed by atoms with Gasteiger partial charge < -0.3 is 4.90 Å². The second kappa shape index (κ2) is 9.57. The second-order valence-electron chi connectivity index (χ2n) is 9.81. The van der Waals surface area contributed by atoms with Crippen molar-refractivity contribution in [1.29, 1.82) is 0 Å². The topological polar surface area (TPSA) is 79.3 Å². The number of hydrogen-bond donors (Lipinski definition) is 0. The number of pyridine rings is 1. The van der Waals surface area contributed by atoms with Crippen molar-refractivity contribution in [2.75, 3.05) is 24.5 Å². The quantitative estimate of drug-likeness (QED) is 0.706. The van der Waals surface area contributed by atoms with E-state index >= 15 is 0 Å². The van der Waals surface area contributed by atoms with Crippen LogP contribution >= 0.6 is 0 Å². The zero-order valence-corrected chi connectivity index (χ0v) is 19.5. The molecule has 174 valence electrons. The minimum atomic E-state index is 0.0107. The maximum absolute atomic E-state index is 13.0. The Kier molecular flexibility index (Phi) is 6.38. The summed E-state index contributed by atoms with van der Waals surface area (Å²) in [6.45, 7) is 4.15. The Labute approximate surface area is 195 Å². The average Bonchev–Trinajstić information content (AvgIpc) is 2.86. The lowest BCUT2D eigenvalue weighted by atomic mass is 9.88. The van der Waals surface area contributed by atoms with Crippen molar-refractivity contribution in [3.63, 3.8) is 0 Å². The van der Waals surface area contributed by atoms with Crippen LogP contribution in [0.1, 0.15) is 84.7 Å². The van der Waals surface area contributed by atoms with E-state index in [0.717, 1.165) is 55.3 Å². The number of likely N-dealkylation sites (tertiary alicyclic amines) is 1. The molecule has 4 heterocycles. The molecule has 2 aliphatic heterocycles. The zero-order valence-electron chi connectivity index (χ0n) is 19.5. The molecule has 2 fully saturated rings. The number of fused-ring (bicyclic) bond motifs is 1. The van der Waals surface area contributed by atoms with Crippen LogP contribution in [0.3, 0.4) is 0 Å². The van der Waals surface area contributed by atoms with Crippen molar-refractivity contribution in [3.05, 3.63) is 47.2 Å². The van der Waals surface area contributed by atoms with Gasteiger partial charge in [-0.2, -0.15) is 0 Å². The lowest BCUT2D eigenvalue weighted by Crippen LogP contribution is -2.42. The van der Waals surface area contributed by atoms with E-state index in [9.17, 15) is 9.59 Å². The molecule has 5 rings (SSSR count). The van der Waals surface area contributed by atoms with Gasteiger partial charge in [0.25, 0.3) is 5.91 Å². The van der Waals surface area contributed by atoms with Crippen LogP contribution in [0.2, 0.25) is 0 Å². The third-order valence-corrected chi connectivity index (χ3v) is 7.50. The van der Waals surface area contributed by atoms with Crippen LogP contribution in [0, 0.1) is 12.8 Å². The maximum atomic E-state index is 13.0. The van der Waals surface area contributed by atoms with Crippen molar-refractivity contribution in [2.24, 2.45) is 5.92 Å². The Morgan fingerprint density at radius 3 is 2.73 bits per heavy atom. The third kappa shape index (κ3) is 4.63. The first-order valence-electron chi connectivity index (χ1n) is 12.5. The number of hydrogen-bond acceptors (Lipinski definition) is 5. The highest BCUT2D eigenvalue weighted by Crippen LogP contribution is 2.34. The summed E-state index contributed by atoms with van der Waals surface area (Å²) in [6.07, 6.45) is 12.7. The molecule has 7 heteroatoms. The van der Waals surface area contributed by atoms with Gasteiger partial charge in [0.05, 0.1) is 5.56 Å². The number of nitrogens with zero attached hydrogens (tertiary/aromatic N) is 5. The van der Waals surface area contributed by atoms with Crippen molar-refractivity contribution in [1.82, 2.24) is 19.9 Å². The Hall–Kier alpha value is -2.83. The lowest BCUT2D eigenvalue weighted by molar-refractivity contribution is -0.119. The number of aromatic nitrogens is 3. The first-order valence-corrected chi connectivity index (χ1v) is 12.5. The van der Waals surface area contributed by atoms with Gasteiger partial charge in [0.15, 0.2) is 0 Å². The zero-order chi connectivity index (χ0) is 22.8. The van der Waals surface area contributed by atoms with Crippen LogP contribution < -0.4 is 4.90 Å². The van der Waals surface area contributed by atoms with Crippen molar-refractivity contribution < 1.29 is 9.59 Å². The predicted octanol–water partition coefficient (Wildman–Crippen LogP) is 4.06. The summed E-state index contributed by atoms with van der Waals surface area (Å²) in [7, 11) is 0. The van der Waals surface area contributed by atoms with E-state index in [1.165, 1.54) is 32.1 Å². The molecule has 0 N–H and O–H groups in total. The summed E-state index contributed by atoms with van der Waals surface area (Å²) < 4.78 is 0. The fraction of sp³-hybridized carbons (Fsp3) is 0.577. The number of carbonyl (C=O) groups is 2. The van der Waals surface area contributed by atoms with Crippen molar-refractivity contribution >= 4 is 17.6 Å².